The van der Waals surface area contributed by atoms with Crippen molar-refractivity contribution < 1.29 is 4.79 Å². The Hall–Kier alpha value is -2.09. The molecule has 1 aliphatic carbocycles. The van der Waals surface area contributed by atoms with Crippen molar-refractivity contribution in [3.05, 3.63) is 29.3 Å². The maximum absolute atomic E-state index is 12.0. The van der Waals surface area contributed by atoms with E-state index in [1.807, 2.05) is 12.1 Å². The van der Waals surface area contributed by atoms with Crippen molar-refractivity contribution in [3.8, 4) is 0 Å². The molecule has 1 aliphatic rings. The van der Waals surface area contributed by atoms with E-state index in [1.165, 1.54) is 35.7 Å². The van der Waals surface area contributed by atoms with Gasteiger partial charge in [-0.3, -0.25) is 0 Å². The highest BCUT2D eigenvalue weighted by molar-refractivity contribution is 7.99. The number of amides is 2. The van der Waals surface area contributed by atoms with E-state index in [2.05, 4.69) is 32.2 Å². The van der Waals surface area contributed by atoms with E-state index in [-0.39, 0.29) is 6.03 Å². The summed E-state index contributed by atoms with van der Waals surface area (Å²) in [5.41, 5.74) is 3.58. The van der Waals surface area contributed by atoms with Crippen molar-refractivity contribution in [1.29, 1.82) is 0 Å². The van der Waals surface area contributed by atoms with Crippen LogP contribution < -0.4 is 10.6 Å². The first-order chi connectivity index (χ1) is 11.2. The topological polar surface area (TPSA) is 84.7 Å². The molecule has 2 N–H and O–H groups in total. The molecule has 0 fully saturated rings. The van der Waals surface area contributed by atoms with Gasteiger partial charge in [0.25, 0.3) is 0 Å². The smallest absolute Gasteiger partial charge is 0.319 e. The van der Waals surface area contributed by atoms with E-state index in [9.17, 15) is 4.79 Å². The number of aryl methyl sites for hydroxylation is 2. The molecule has 7 nitrogen and oxygen atoms in total. The molecule has 0 aliphatic heterocycles. The highest BCUT2D eigenvalue weighted by Gasteiger charge is 2.14. The Labute approximate surface area is 139 Å². The van der Waals surface area contributed by atoms with Crippen LogP contribution in [0.3, 0.4) is 0 Å². The average Bonchev–Trinajstić information content (AvgIpc) is 2.97. The van der Waals surface area contributed by atoms with E-state index in [1.54, 1.807) is 11.7 Å². The third-order valence-electron chi connectivity index (χ3n) is 3.84. The molecule has 0 atom stereocenters. The molecule has 0 spiro atoms. The highest BCUT2D eigenvalue weighted by Crippen LogP contribution is 2.27. The molecule has 0 unspecified atom stereocenters. The third-order valence-corrected chi connectivity index (χ3v) is 4.86. The quantitative estimate of drug-likeness (QED) is 0.646. The van der Waals surface area contributed by atoms with Crippen LogP contribution in [0.4, 0.5) is 10.5 Å². The summed E-state index contributed by atoms with van der Waals surface area (Å²) in [5, 5.41) is 17.8. The normalized spacial score (nSPS) is 13.4. The zero-order valence-electron chi connectivity index (χ0n) is 13.1. The minimum absolute atomic E-state index is 0.166. The van der Waals surface area contributed by atoms with Crippen LogP contribution in [0.1, 0.15) is 24.0 Å². The van der Waals surface area contributed by atoms with Gasteiger partial charge in [0.05, 0.1) is 0 Å². The summed E-state index contributed by atoms with van der Waals surface area (Å²) in [5.74, 6) is 0.717. The average molecular weight is 332 g/mol. The van der Waals surface area contributed by atoms with Gasteiger partial charge >= 0.3 is 6.03 Å². The molecular weight excluding hydrogens is 312 g/mol. The number of benzene rings is 1. The molecule has 0 saturated heterocycles. The lowest BCUT2D eigenvalue weighted by atomic mass is 9.90. The molecule has 2 aromatic rings. The maximum atomic E-state index is 12.0. The van der Waals surface area contributed by atoms with Crippen molar-refractivity contribution in [2.45, 2.75) is 30.8 Å². The number of anilines is 1. The largest absolute Gasteiger partial charge is 0.337 e. The molecule has 1 aromatic heterocycles. The molecule has 1 aromatic carbocycles. The monoisotopic (exact) mass is 332 g/mol. The number of aromatic nitrogens is 4. The summed E-state index contributed by atoms with van der Waals surface area (Å²) >= 11 is 1.51. The number of carbonyl (C=O) groups is 1. The Kier molecular flexibility index (Phi) is 5.12. The first-order valence-electron chi connectivity index (χ1n) is 7.75. The van der Waals surface area contributed by atoms with Crippen LogP contribution in [0.25, 0.3) is 0 Å². The minimum Gasteiger partial charge on any atom is -0.337 e. The maximum Gasteiger partial charge on any atom is 0.319 e. The van der Waals surface area contributed by atoms with Crippen molar-refractivity contribution in [3.63, 3.8) is 0 Å². The van der Waals surface area contributed by atoms with Crippen LogP contribution in [0.15, 0.2) is 23.4 Å². The molecule has 0 bridgehead atoms. The number of hydrogen-bond donors (Lipinski definition) is 2. The molecule has 3 rings (SSSR count). The van der Waals surface area contributed by atoms with Crippen molar-refractivity contribution in [2.24, 2.45) is 7.05 Å². The van der Waals surface area contributed by atoms with Gasteiger partial charge in [-0.15, -0.1) is 5.10 Å². The number of urea groups is 1. The summed E-state index contributed by atoms with van der Waals surface area (Å²) in [4.78, 5) is 12.0. The van der Waals surface area contributed by atoms with Crippen LogP contribution in [-0.2, 0) is 19.9 Å². The SMILES string of the molecule is Cn1nnnc1SCCNC(=O)Nc1cccc2c1CCCC2. The molecular formula is C15H20N6OS. The molecule has 2 amide bonds. The number of tetrazole rings is 1. The van der Waals surface area contributed by atoms with Crippen LogP contribution in [0.5, 0.6) is 0 Å². The fraction of sp³-hybridized carbons (Fsp3) is 0.467. The van der Waals surface area contributed by atoms with E-state index in [4.69, 9.17) is 0 Å². The third kappa shape index (κ3) is 4.01. The first kappa shape index (κ1) is 15.8. The Balaban J connectivity index is 1.47. The van der Waals surface area contributed by atoms with Gasteiger partial charge in [0.15, 0.2) is 0 Å². The van der Waals surface area contributed by atoms with E-state index in [0.29, 0.717) is 12.3 Å². The Morgan fingerprint density at radius 2 is 2.22 bits per heavy atom. The number of nitrogens with one attached hydrogen (secondary N) is 2. The van der Waals surface area contributed by atoms with Crippen molar-refractivity contribution in [1.82, 2.24) is 25.5 Å². The van der Waals surface area contributed by atoms with E-state index < -0.39 is 0 Å². The number of nitrogens with zero attached hydrogens (tertiary/aromatic N) is 4. The molecule has 23 heavy (non-hydrogen) atoms. The van der Waals surface area contributed by atoms with Gasteiger partial charge in [0, 0.05) is 25.0 Å². The number of fused-ring (bicyclic) bond motifs is 1. The fourth-order valence-corrected chi connectivity index (χ4v) is 3.42. The number of hydrogen-bond acceptors (Lipinski definition) is 5. The molecule has 1 heterocycles. The molecule has 122 valence electrons. The summed E-state index contributed by atoms with van der Waals surface area (Å²) in [6.07, 6.45) is 4.57. The number of rotatable bonds is 5. The second-order valence-corrected chi connectivity index (χ2v) is 6.53. The Morgan fingerprint density at radius 1 is 1.35 bits per heavy atom. The first-order valence-corrected chi connectivity index (χ1v) is 8.73. The van der Waals surface area contributed by atoms with Crippen LogP contribution in [0.2, 0.25) is 0 Å². The lowest BCUT2D eigenvalue weighted by molar-refractivity contribution is 0.252. The highest BCUT2D eigenvalue weighted by atomic mass is 32.2. The summed E-state index contributed by atoms with van der Waals surface area (Å²) < 4.78 is 1.61. The number of carbonyl (C=O) groups excluding carboxylic acids is 1. The van der Waals surface area contributed by atoms with Gasteiger partial charge in [0.2, 0.25) is 5.16 Å². The summed E-state index contributed by atoms with van der Waals surface area (Å²) in [7, 11) is 1.79. The van der Waals surface area contributed by atoms with Crippen LogP contribution in [0, 0.1) is 0 Å². The van der Waals surface area contributed by atoms with Gasteiger partial charge in [-0.25, -0.2) is 9.48 Å². The second kappa shape index (κ2) is 7.45. The summed E-state index contributed by atoms with van der Waals surface area (Å²) in [6, 6.07) is 5.98. The number of thioether (sulfide) groups is 1. The molecule has 0 radical (unpaired) electrons. The van der Waals surface area contributed by atoms with E-state index in [0.717, 1.165) is 23.7 Å². The van der Waals surface area contributed by atoms with Crippen LogP contribution >= 0.6 is 11.8 Å². The van der Waals surface area contributed by atoms with Crippen LogP contribution in [-0.4, -0.2) is 38.5 Å². The minimum atomic E-state index is -0.166. The Morgan fingerprint density at radius 3 is 3.04 bits per heavy atom. The lowest BCUT2D eigenvalue weighted by Gasteiger charge is -2.19. The zero-order chi connectivity index (χ0) is 16.1. The fourth-order valence-electron chi connectivity index (χ4n) is 2.72. The van der Waals surface area contributed by atoms with Crippen molar-refractivity contribution >= 4 is 23.5 Å². The Bertz CT molecular complexity index is 686. The lowest BCUT2D eigenvalue weighted by Crippen LogP contribution is -2.31. The van der Waals surface area contributed by atoms with E-state index >= 15 is 0 Å². The molecule has 0 saturated carbocycles. The van der Waals surface area contributed by atoms with Gasteiger partial charge < -0.3 is 10.6 Å². The zero-order valence-corrected chi connectivity index (χ0v) is 13.9. The molecule has 8 heteroatoms. The van der Waals surface area contributed by atoms with Crippen molar-refractivity contribution in [2.75, 3.05) is 17.6 Å². The van der Waals surface area contributed by atoms with Gasteiger partial charge in [0.1, 0.15) is 0 Å². The predicted octanol–water partition coefficient (Wildman–Crippen LogP) is 2.00. The van der Waals surface area contributed by atoms with Gasteiger partial charge in [-0.2, -0.15) is 0 Å². The predicted molar refractivity (Wildman–Crippen MR) is 89.6 cm³/mol. The second-order valence-electron chi connectivity index (χ2n) is 5.46. The standard InChI is InChI=1S/C15H20N6OS/c1-21-15(18-19-20-21)23-10-9-16-14(22)17-13-8-4-6-11-5-2-3-7-12(11)13/h4,6,8H,2-3,5,7,9-10H2,1H3,(H2,16,17,22). The summed E-state index contributed by atoms with van der Waals surface area (Å²) in [6.45, 7) is 0.554. The van der Waals surface area contributed by atoms with Gasteiger partial charge in [-0.1, -0.05) is 23.9 Å². The van der Waals surface area contributed by atoms with Gasteiger partial charge in [-0.05, 0) is 53.3 Å².